The second-order valence-electron chi connectivity index (χ2n) is 5.76. The van der Waals surface area contributed by atoms with Crippen LogP contribution in [-0.2, 0) is 0 Å². The van der Waals surface area contributed by atoms with Crippen LogP contribution in [0.5, 0.6) is 0 Å². The first-order valence-electron chi connectivity index (χ1n) is 7.33. The highest BCUT2D eigenvalue weighted by atomic mass is 16.3. The molecule has 2 aromatic heterocycles. The molecule has 1 aliphatic rings. The Labute approximate surface area is 127 Å². The number of nitrogens with one attached hydrogen (secondary N) is 2. The molecule has 0 saturated heterocycles. The van der Waals surface area contributed by atoms with Crippen molar-refractivity contribution in [2.24, 2.45) is 0 Å². The van der Waals surface area contributed by atoms with Gasteiger partial charge in [-0.3, -0.25) is 5.10 Å². The van der Waals surface area contributed by atoms with Crippen LogP contribution in [0.25, 0.3) is 22.2 Å². The molecule has 1 fully saturated rings. The molecule has 0 aliphatic heterocycles. The first-order chi connectivity index (χ1) is 10.7. The van der Waals surface area contributed by atoms with Crippen molar-refractivity contribution >= 4 is 22.4 Å². The largest absolute Gasteiger partial charge is 0.393 e. The molecule has 0 spiro atoms. The fourth-order valence-corrected chi connectivity index (χ4v) is 2.88. The van der Waals surface area contributed by atoms with Crippen LogP contribution < -0.4 is 11.1 Å². The number of nitrogen functional groups attached to an aromatic ring is 1. The number of aliphatic hydroxyl groups excluding tert-OH is 1. The van der Waals surface area contributed by atoms with E-state index >= 15 is 0 Å². The van der Waals surface area contributed by atoms with E-state index in [2.05, 4.69) is 20.5 Å². The number of benzene rings is 1. The van der Waals surface area contributed by atoms with Gasteiger partial charge in [0.25, 0.3) is 0 Å². The van der Waals surface area contributed by atoms with Crippen LogP contribution in [0.4, 0.5) is 11.5 Å². The number of aliphatic hydroxyl groups is 1. The summed E-state index contributed by atoms with van der Waals surface area (Å²) in [6.45, 7) is 0. The highest BCUT2D eigenvalue weighted by Gasteiger charge is 2.27. The summed E-state index contributed by atoms with van der Waals surface area (Å²) in [5.41, 5.74) is 9.71. The van der Waals surface area contributed by atoms with Crippen LogP contribution >= 0.6 is 0 Å². The fraction of sp³-hybridized carbons (Fsp3) is 0.250. The number of aromatic amines is 1. The number of nitrogens with two attached hydrogens (primary N) is 1. The molecule has 0 radical (unpaired) electrons. The first-order valence-corrected chi connectivity index (χ1v) is 7.33. The monoisotopic (exact) mass is 295 g/mol. The maximum atomic E-state index is 9.42. The molecular weight excluding hydrogens is 278 g/mol. The van der Waals surface area contributed by atoms with E-state index in [1.807, 2.05) is 30.3 Å². The van der Waals surface area contributed by atoms with E-state index in [0.717, 1.165) is 40.7 Å². The van der Waals surface area contributed by atoms with Crippen molar-refractivity contribution in [3.05, 3.63) is 36.5 Å². The summed E-state index contributed by atoms with van der Waals surface area (Å²) in [5.74, 6) is 0.483. The molecule has 1 aromatic carbocycles. The zero-order valence-electron chi connectivity index (χ0n) is 12.0. The summed E-state index contributed by atoms with van der Waals surface area (Å²) in [6.07, 6.45) is 3.09. The number of aromatic nitrogens is 3. The Morgan fingerprint density at radius 1 is 1.23 bits per heavy atom. The molecule has 0 bridgehead atoms. The van der Waals surface area contributed by atoms with Gasteiger partial charge in [-0.1, -0.05) is 12.1 Å². The molecule has 1 saturated carbocycles. The highest BCUT2D eigenvalue weighted by molar-refractivity contribution is 5.95. The van der Waals surface area contributed by atoms with Crippen molar-refractivity contribution in [3.8, 4) is 11.3 Å². The number of nitrogens with zero attached hydrogens (tertiary/aromatic N) is 2. The van der Waals surface area contributed by atoms with E-state index in [4.69, 9.17) is 5.73 Å². The van der Waals surface area contributed by atoms with E-state index in [1.54, 1.807) is 6.20 Å². The van der Waals surface area contributed by atoms with E-state index < -0.39 is 0 Å². The van der Waals surface area contributed by atoms with Crippen LogP contribution in [0.1, 0.15) is 12.8 Å². The van der Waals surface area contributed by atoms with Crippen molar-refractivity contribution in [3.63, 3.8) is 0 Å². The van der Waals surface area contributed by atoms with Crippen molar-refractivity contribution < 1.29 is 5.11 Å². The quantitative estimate of drug-likeness (QED) is 0.593. The number of H-pyrrole nitrogens is 1. The fourth-order valence-electron chi connectivity index (χ4n) is 2.88. The van der Waals surface area contributed by atoms with E-state index in [1.165, 1.54) is 0 Å². The normalized spacial score (nSPS) is 20.8. The van der Waals surface area contributed by atoms with Gasteiger partial charge in [0.1, 0.15) is 5.82 Å². The first kappa shape index (κ1) is 13.1. The summed E-state index contributed by atoms with van der Waals surface area (Å²) < 4.78 is 0. The molecule has 0 atom stereocenters. The molecule has 5 N–H and O–H groups in total. The van der Waals surface area contributed by atoms with Gasteiger partial charge in [0, 0.05) is 34.9 Å². The standard InChI is InChI=1S/C16H17N5O/c17-16-8-15(19-10-6-11(22)7-10)12-2-1-9(5-14(12)20-16)13-3-4-18-21-13/h1-5,8,10-11,22H,6-7H2,(H,18,21)(H3,17,19,20)/t10-,11+. The summed E-state index contributed by atoms with van der Waals surface area (Å²) in [7, 11) is 0. The molecule has 22 heavy (non-hydrogen) atoms. The molecule has 0 amide bonds. The molecule has 6 heteroatoms. The molecular formula is C16H17N5O. The topological polar surface area (TPSA) is 99.9 Å². The van der Waals surface area contributed by atoms with E-state index in [0.29, 0.717) is 11.9 Å². The third-order valence-electron chi connectivity index (χ3n) is 4.11. The van der Waals surface area contributed by atoms with Gasteiger partial charge in [0.15, 0.2) is 0 Å². The molecule has 0 unspecified atom stereocenters. The Bertz CT molecular complexity index is 809. The minimum Gasteiger partial charge on any atom is -0.393 e. The van der Waals surface area contributed by atoms with Gasteiger partial charge < -0.3 is 16.2 Å². The Kier molecular flexibility index (Phi) is 2.97. The predicted octanol–water partition coefficient (Wildman–Crippen LogP) is 2.14. The van der Waals surface area contributed by atoms with Gasteiger partial charge in [0.05, 0.1) is 17.3 Å². The molecule has 2 heterocycles. The Hall–Kier alpha value is -2.60. The van der Waals surface area contributed by atoms with Gasteiger partial charge >= 0.3 is 0 Å². The van der Waals surface area contributed by atoms with Crippen molar-refractivity contribution in [1.29, 1.82) is 0 Å². The lowest BCUT2D eigenvalue weighted by Crippen LogP contribution is -2.39. The van der Waals surface area contributed by atoms with Gasteiger partial charge in [-0.05, 0) is 25.0 Å². The molecule has 1 aliphatic carbocycles. The summed E-state index contributed by atoms with van der Waals surface area (Å²) in [5, 5.41) is 20.8. The average molecular weight is 295 g/mol. The van der Waals surface area contributed by atoms with Gasteiger partial charge in [-0.2, -0.15) is 5.10 Å². The molecule has 6 nitrogen and oxygen atoms in total. The van der Waals surface area contributed by atoms with Gasteiger partial charge in [-0.15, -0.1) is 0 Å². The lowest BCUT2D eigenvalue weighted by atomic mass is 9.89. The Morgan fingerprint density at radius 3 is 2.82 bits per heavy atom. The molecule has 4 rings (SSSR count). The highest BCUT2D eigenvalue weighted by Crippen LogP contribution is 2.31. The van der Waals surface area contributed by atoms with Crippen LogP contribution in [0.2, 0.25) is 0 Å². The second-order valence-corrected chi connectivity index (χ2v) is 5.76. The van der Waals surface area contributed by atoms with E-state index in [9.17, 15) is 5.11 Å². The van der Waals surface area contributed by atoms with Crippen LogP contribution in [0.15, 0.2) is 36.5 Å². The number of pyridine rings is 1. The van der Waals surface area contributed by atoms with Gasteiger partial charge in [0.2, 0.25) is 0 Å². The Morgan fingerprint density at radius 2 is 2.09 bits per heavy atom. The molecule has 112 valence electrons. The predicted molar refractivity (Wildman–Crippen MR) is 86.4 cm³/mol. The average Bonchev–Trinajstić information content (AvgIpc) is 2.99. The third kappa shape index (κ3) is 2.27. The molecule has 3 aromatic rings. The lowest BCUT2D eigenvalue weighted by Gasteiger charge is -2.33. The zero-order chi connectivity index (χ0) is 15.1. The maximum absolute atomic E-state index is 9.42. The van der Waals surface area contributed by atoms with Crippen LogP contribution in [0, 0.1) is 0 Å². The summed E-state index contributed by atoms with van der Waals surface area (Å²) in [6, 6.07) is 10.1. The Balaban J connectivity index is 1.74. The minimum atomic E-state index is -0.185. The number of anilines is 2. The summed E-state index contributed by atoms with van der Waals surface area (Å²) >= 11 is 0. The number of rotatable bonds is 3. The number of hydrogen-bond donors (Lipinski definition) is 4. The number of fused-ring (bicyclic) bond motifs is 1. The lowest BCUT2D eigenvalue weighted by molar-refractivity contribution is 0.0837. The summed E-state index contributed by atoms with van der Waals surface area (Å²) in [4.78, 5) is 4.43. The van der Waals surface area contributed by atoms with Crippen molar-refractivity contribution in [2.75, 3.05) is 11.1 Å². The number of hydrogen-bond acceptors (Lipinski definition) is 5. The SMILES string of the molecule is Nc1cc(N[C@H]2C[C@@H](O)C2)c2ccc(-c3ccn[nH]3)cc2n1. The van der Waals surface area contributed by atoms with Crippen molar-refractivity contribution in [1.82, 2.24) is 15.2 Å². The van der Waals surface area contributed by atoms with E-state index in [-0.39, 0.29) is 6.10 Å². The van der Waals surface area contributed by atoms with Crippen molar-refractivity contribution in [2.45, 2.75) is 25.0 Å². The maximum Gasteiger partial charge on any atom is 0.126 e. The second kappa shape index (κ2) is 4.99. The third-order valence-corrected chi connectivity index (χ3v) is 4.11. The van der Waals surface area contributed by atoms with Crippen LogP contribution in [0.3, 0.4) is 0 Å². The van der Waals surface area contributed by atoms with Gasteiger partial charge in [-0.25, -0.2) is 4.98 Å². The zero-order valence-corrected chi connectivity index (χ0v) is 12.0. The smallest absolute Gasteiger partial charge is 0.126 e. The van der Waals surface area contributed by atoms with Crippen LogP contribution in [-0.4, -0.2) is 32.4 Å². The minimum absolute atomic E-state index is 0.185.